The molecule has 0 aromatic carbocycles. The van der Waals surface area contributed by atoms with Gasteiger partial charge in [-0.1, -0.05) is 13.8 Å². The monoisotopic (exact) mass is 306 g/mol. The van der Waals surface area contributed by atoms with E-state index in [9.17, 15) is 15.0 Å². The summed E-state index contributed by atoms with van der Waals surface area (Å²) in [4.78, 5) is 12.4. The number of carbonyl (C=O) groups excluding carboxylic acids is 1. The van der Waals surface area contributed by atoms with E-state index in [0.29, 0.717) is 29.5 Å². The van der Waals surface area contributed by atoms with E-state index in [1.165, 1.54) is 0 Å². The van der Waals surface area contributed by atoms with Gasteiger partial charge < -0.3 is 10.2 Å². The van der Waals surface area contributed by atoms with Crippen molar-refractivity contribution in [3.63, 3.8) is 0 Å². The maximum atomic E-state index is 12.4. The average molecular weight is 306 g/mol. The minimum absolute atomic E-state index is 0.167. The Morgan fingerprint density at radius 2 is 1.77 bits per heavy atom. The zero-order valence-electron chi connectivity index (χ0n) is 13.9. The minimum Gasteiger partial charge on any atom is -0.393 e. The van der Waals surface area contributed by atoms with Gasteiger partial charge in [-0.05, 0) is 74.0 Å². The molecular weight excluding hydrogens is 276 g/mol. The van der Waals surface area contributed by atoms with Gasteiger partial charge in [0.2, 0.25) is 0 Å². The van der Waals surface area contributed by atoms with Gasteiger partial charge in [-0.2, -0.15) is 0 Å². The van der Waals surface area contributed by atoms with Gasteiger partial charge in [0, 0.05) is 11.8 Å². The molecule has 3 nitrogen and oxygen atoms in total. The molecule has 22 heavy (non-hydrogen) atoms. The van der Waals surface area contributed by atoms with E-state index in [4.69, 9.17) is 0 Å². The number of Topliss-reactive ketones (excluding diaryl/α,β-unsaturated/α-hetero) is 1. The number of aliphatic hydroxyl groups excluding tert-OH is 2. The first-order chi connectivity index (χ1) is 10.4. The standard InChI is InChI=1S/C19H30O3/c1-18-7-5-12(20)9-11(18)10-15(21)17-13-3-4-16(22)19(13,2)8-6-14(17)18/h11-15,17,20-21H,3-10H2,1-2H3/t11?,12?,13?,14?,15?,17?,18-,19-/m0/s1. The molecule has 4 aliphatic carbocycles. The molecule has 0 bridgehead atoms. The summed E-state index contributed by atoms with van der Waals surface area (Å²) in [6.45, 7) is 4.57. The number of fused-ring (bicyclic) bond motifs is 5. The molecule has 8 atom stereocenters. The third kappa shape index (κ3) is 1.84. The second-order valence-corrected chi connectivity index (χ2v) is 9.14. The van der Waals surface area contributed by atoms with Crippen molar-refractivity contribution in [2.75, 3.05) is 0 Å². The lowest BCUT2D eigenvalue weighted by molar-refractivity contribution is -0.171. The summed E-state index contributed by atoms with van der Waals surface area (Å²) in [7, 11) is 0. The molecule has 0 aromatic heterocycles. The summed E-state index contributed by atoms with van der Waals surface area (Å²) >= 11 is 0. The zero-order valence-corrected chi connectivity index (χ0v) is 13.9. The SMILES string of the molecule is C[C@]12CCC(O)CC1CC(O)C1C2CC[C@]2(C)C(=O)CCC12. The van der Waals surface area contributed by atoms with Crippen LogP contribution in [0, 0.1) is 34.5 Å². The van der Waals surface area contributed by atoms with Crippen LogP contribution in [0.3, 0.4) is 0 Å². The Labute approximate surface area is 133 Å². The highest BCUT2D eigenvalue weighted by Gasteiger charge is 2.62. The van der Waals surface area contributed by atoms with E-state index < -0.39 is 0 Å². The minimum atomic E-state index is -0.274. The van der Waals surface area contributed by atoms with Crippen LogP contribution in [0.2, 0.25) is 0 Å². The first-order valence-corrected chi connectivity index (χ1v) is 9.25. The number of hydrogen-bond donors (Lipinski definition) is 2. The van der Waals surface area contributed by atoms with Gasteiger partial charge in [-0.3, -0.25) is 4.79 Å². The van der Waals surface area contributed by atoms with Gasteiger partial charge in [-0.25, -0.2) is 0 Å². The normalized spacial score (nSPS) is 57.9. The van der Waals surface area contributed by atoms with E-state index in [-0.39, 0.29) is 23.0 Å². The van der Waals surface area contributed by atoms with Crippen LogP contribution in [0.25, 0.3) is 0 Å². The van der Waals surface area contributed by atoms with E-state index in [2.05, 4.69) is 13.8 Å². The fraction of sp³-hybridized carbons (Fsp3) is 0.947. The van der Waals surface area contributed by atoms with Crippen LogP contribution >= 0.6 is 0 Å². The number of carbonyl (C=O) groups is 1. The highest BCUT2D eigenvalue weighted by Crippen LogP contribution is 2.65. The molecule has 0 saturated heterocycles. The van der Waals surface area contributed by atoms with Crippen LogP contribution in [-0.2, 0) is 4.79 Å². The number of hydrogen-bond acceptors (Lipinski definition) is 3. The lowest BCUT2D eigenvalue weighted by Gasteiger charge is -2.61. The van der Waals surface area contributed by atoms with E-state index in [1.807, 2.05) is 0 Å². The van der Waals surface area contributed by atoms with Crippen molar-refractivity contribution in [3.8, 4) is 0 Å². The van der Waals surface area contributed by atoms with Crippen LogP contribution in [0.1, 0.15) is 65.2 Å². The van der Waals surface area contributed by atoms with Gasteiger partial charge >= 0.3 is 0 Å². The van der Waals surface area contributed by atoms with Gasteiger partial charge in [0.25, 0.3) is 0 Å². The summed E-state index contributed by atoms with van der Waals surface area (Å²) in [5, 5.41) is 20.9. The summed E-state index contributed by atoms with van der Waals surface area (Å²) in [5.74, 6) is 2.13. The lowest BCUT2D eigenvalue weighted by atomic mass is 9.44. The number of aliphatic hydroxyl groups is 2. The van der Waals surface area contributed by atoms with Crippen molar-refractivity contribution < 1.29 is 15.0 Å². The quantitative estimate of drug-likeness (QED) is 0.723. The molecule has 0 aromatic rings. The molecule has 4 fully saturated rings. The number of rotatable bonds is 0. The van der Waals surface area contributed by atoms with Crippen LogP contribution in [-0.4, -0.2) is 28.2 Å². The van der Waals surface area contributed by atoms with Gasteiger partial charge in [0.1, 0.15) is 5.78 Å². The third-order valence-corrected chi connectivity index (χ3v) is 8.36. The maximum absolute atomic E-state index is 12.4. The fourth-order valence-corrected chi connectivity index (χ4v) is 6.97. The molecule has 4 rings (SSSR count). The van der Waals surface area contributed by atoms with Crippen molar-refractivity contribution >= 4 is 5.78 Å². The van der Waals surface area contributed by atoms with E-state index >= 15 is 0 Å². The fourth-order valence-electron chi connectivity index (χ4n) is 6.97. The van der Waals surface area contributed by atoms with Crippen LogP contribution < -0.4 is 0 Å². The van der Waals surface area contributed by atoms with E-state index in [1.54, 1.807) is 0 Å². The van der Waals surface area contributed by atoms with Crippen LogP contribution in [0.5, 0.6) is 0 Å². The summed E-state index contributed by atoms with van der Waals surface area (Å²) in [5.41, 5.74) is 0.0929. The second kappa shape index (κ2) is 4.80. The van der Waals surface area contributed by atoms with E-state index in [0.717, 1.165) is 51.4 Å². The van der Waals surface area contributed by atoms with Crippen molar-refractivity contribution in [2.24, 2.45) is 34.5 Å². The molecule has 4 saturated carbocycles. The summed E-state index contributed by atoms with van der Waals surface area (Å²) < 4.78 is 0. The highest BCUT2D eigenvalue weighted by molar-refractivity contribution is 5.87. The smallest absolute Gasteiger partial charge is 0.139 e. The highest BCUT2D eigenvalue weighted by atomic mass is 16.3. The molecule has 4 aliphatic rings. The molecule has 3 heteroatoms. The zero-order chi connectivity index (χ0) is 15.7. The van der Waals surface area contributed by atoms with Crippen molar-refractivity contribution in [2.45, 2.75) is 77.4 Å². The second-order valence-electron chi connectivity index (χ2n) is 9.14. The first-order valence-electron chi connectivity index (χ1n) is 9.25. The Balaban J connectivity index is 1.69. The summed E-state index contributed by atoms with van der Waals surface area (Å²) in [6.07, 6.45) is 7.03. The molecule has 2 N–H and O–H groups in total. The van der Waals surface area contributed by atoms with Gasteiger partial charge in [0.15, 0.2) is 0 Å². The largest absolute Gasteiger partial charge is 0.393 e. The Kier molecular flexibility index (Phi) is 3.30. The molecule has 0 amide bonds. The number of ketones is 1. The molecule has 0 aliphatic heterocycles. The molecule has 6 unspecified atom stereocenters. The van der Waals surface area contributed by atoms with Crippen molar-refractivity contribution in [3.05, 3.63) is 0 Å². The lowest BCUT2D eigenvalue weighted by Crippen LogP contribution is -2.58. The maximum Gasteiger partial charge on any atom is 0.139 e. The molecule has 0 radical (unpaired) electrons. The summed E-state index contributed by atoms with van der Waals surface area (Å²) in [6, 6.07) is 0. The van der Waals surface area contributed by atoms with Gasteiger partial charge in [-0.15, -0.1) is 0 Å². The predicted octanol–water partition coefficient (Wildman–Crippen LogP) is 2.93. The Morgan fingerprint density at radius 1 is 1.00 bits per heavy atom. The Morgan fingerprint density at radius 3 is 2.55 bits per heavy atom. The van der Waals surface area contributed by atoms with Crippen molar-refractivity contribution in [1.82, 2.24) is 0 Å². The first kappa shape index (κ1) is 15.1. The molecule has 0 spiro atoms. The van der Waals surface area contributed by atoms with Crippen LogP contribution in [0.4, 0.5) is 0 Å². The van der Waals surface area contributed by atoms with Crippen LogP contribution in [0.15, 0.2) is 0 Å². The predicted molar refractivity (Wildman–Crippen MR) is 84.1 cm³/mol. The molecule has 124 valence electrons. The Hall–Kier alpha value is -0.410. The topological polar surface area (TPSA) is 57.5 Å². The Bertz CT molecular complexity index is 489. The van der Waals surface area contributed by atoms with Gasteiger partial charge in [0.05, 0.1) is 12.2 Å². The molecular formula is C19H30O3. The average Bonchev–Trinajstić information content (AvgIpc) is 2.77. The van der Waals surface area contributed by atoms with Crippen molar-refractivity contribution in [1.29, 1.82) is 0 Å². The molecule has 0 heterocycles. The third-order valence-electron chi connectivity index (χ3n) is 8.36.